The van der Waals surface area contributed by atoms with Crippen molar-refractivity contribution >= 4 is 50.4 Å². The first-order valence-electron chi connectivity index (χ1n) is 14.3. The van der Waals surface area contributed by atoms with E-state index in [1.807, 2.05) is 37.3 Å². The molecule has 0 aliphatic heterocycles. The maximum Gasteiger partial charge on any atom is 0.165 e. The highest BCUT2D eigenvalue weighted by molar-refractivity contribution is 6.01. The van der Waals surface area contributed by atoms with Gasteiger partial charge in [-0.1, -0.05) is 93.3 Å². The predicted molar refractivity (Wildman–Crippen MR) is 175 cm³/mol. The van der Waals surface area contributed by atoms with Crippen LogP contribution in [-0.4, -0.2) is 14.5 Å². The summed E-state index contributed by atoms with van der Waals surface area (Å²) in [5.74, 6) is 0.821. The highest BCUT2D eigenvalue weighted by Crippen LogP contribution is 2.52. The van der Waals surface area contributed by atoms with Crippen molar-refractivity contribution in [3.63, 3.8) is 0 Å². The third kappa shape index (κ3) is 3.45. The van der Waals surface area contributed by atoms with Crippen LogP contribution in [0, 0.1) is 0 Å². The number of fused-ring (bicyclic) bond motifs is 7. The Morgan fingerprint density at radius 2 is 1.54 bits per heavy atom. The highest BCUT2D eigenvalue weighted by Gasteiger charge is 2.37. The molecular formula is C38H33N3. The van der Waals surface area contributed by atoms with Gasteiger partial charge in [-0.25, -0.2) is 9.97 Å². The molecular weight excluding hydrogens is 498 g/mol. The summed E-state index contributed by atoms with van der Waals surface area (Å²) in [5.41, 5.74) is 9.91. The van der Waals surface area contributed by atoms with Gasteiger partial charge in [0.1, 0.15) is 5.69 Å². The standard InChI is InChI=1S/C38H33N3/c1-7-23(8-2)36-37(40-32-18-14-13-17-31(32)39-36)41-33(10-4)25(9-3)29-21-28-27-20-19-24-15-11-12-16-26(24)35(27)38(5,6)30(28)22-34(29)41/h7-22H,1H2,2-6H3/b23-8+,25-9-,33-10+. The quantitative estimate of drug-likeness (QED) is 0.215. The number of nitrogens with zero attached hydrogens (tertiary/aromatic N) is 3. The molecule has 2 aromatic heterocycles. The zero-order valence-electron chi connectivity index (χ0n) is 24.3. The van der Waals surface area contributed by atoms with E-state index >= 15 is 0 Å². The van der Waals surface area contributed by atoms with Crippen molar-refractivity contribution < 1.29 is 0 Å². The van der Waals surface area contributed by atoms with Crippen LogP contribution in [0.2, 0.25) is 0 Å². The molecule has 0 fully saturated rings. The molecule has 0 radical (unpaired) electrons. The number of para-hydroxylation sites is 2. The van der Waals surface area contributed by atoms with E-state index in [1.54, 1.807) is 0 Å². The van der Waals surface area contributed by atoms with Crippen LogP contribution < -0.4 is 10.6 Å². The molecule has 0 spiro atoms. The fourth-order valence-corrected chi connectivity index (χ4v) is 6.93. The van der Waals surface area contributed by atoms with Crippen molar-refractivity contribution in [2.45, 2.75) is 40.0 Å². The number of aromatic nitrogens is 3. The van der Waals surface area contributed by atoms with E-state index in [-0.39, 0.29) is 5.41 Å². The van der Waals surface area contributed by atoms with E-state index < -0.39 is 0 Å². The molecule has 0 N–H and O–H groups in total. The van der Waals surface area contributed by atoms with Gasteiger partial charge in [-0.3, -0.25) is 4.57 Å². The molecule has 4 aromatic carbocycles. The van der Waals surface area contributed by atoms with Crippen LogP contribution in [0.15, 0.2) is 91.5 Å². The summed E-state index contributed by atoms with van der Waals surface area (Å²) in [6.45, 7) is 15.1. The van der Waals surface area contributed by atoms with E-state index in [0.717, 1.165) is 39.0 Å². The third-order valence-corrected chi connectivity index (χ3v) is 8.83. The number of benzene rings is 4. The van der Waals surface area contributed by atoms with Gasteiger partial charge in [-0.05, 0) is 83.6 Å². The minimum Gasteiger partial charge on any atom is -0.292 e. The molecule has 1 aliphatic rings. The van der Waals surface area contributed by atoms with E-state index in [9.17, 15) is 0 Å². The predicted octanol–water partition coefficient (Wildman–Crippen LogP) is 8.22. The van der Waals surface area contributed by atoms with Crippen LogP contribution in [-0.2, 0) is 5.41 Å². The van der Waals surface area contributed by atoms with Crippen LogP contribution >= 0.6 is 0 Å². The second-order valence-electron chi connectivity index (χ2n) is 11.3. The number of hydrogen-bond acceptors (Lipinski definition) is 2. The van der Waals surface area contributed by atoms with Crippen molar-refractivity contribution in [3.05, 3.63) is 119 Å². The topological polar surface area (TPSA) is 30.7 Å². The molecule has 0 atom stereocenters. The first-order chi connectivity index (χ1) is 19.9. The third-order valence-electron chi connectivity index (χ3n) is 8.83. The summed E-state index contributed by atoms with van der Waals surface area (Å²) in [6, 6.07) is 26.2. The summed E-state index contributed by atoms with van der Waals surface area (Å²) in [5, 5.41) is 6.16. The Labute approximate surface area is 240 Å². The number of rotatable bonds is 3. The molecule has 0 amide bonds. The van der Waals surface area contributed by atoms with Crippen LogP contribution in [0.5, 0.6) is 0 Å². The maximum atomic E-state index is 5.26. The fourth-order valence-electron chi connectivity index (χ4n) is 6.93. The van der Waals surface area contributed by atoms with Crippen molar-refractivity contribution in [2.75, 3.05) is 0 Å². The minimum atomic E-state index is -0.158. The van der Waals surface area contributed by atoms with Crippen LogP contribution in [0.3, 0.4) is 0 Å². The van der Waals surface area contributed by atoms with E-state index in [4.69, 9.17) is 9.97 Å². The smallest absolute Gasteiger partial charge is 0.165 e. The lowest BCUT2D eigenvalue weighted by Gasteiger charge is -2.23. The largest absolute Gasteiger partial charge is 0.292 e. The van der Waals surface area contributed by atoms with Crippen molar-refractivity contribution in [1.82, 2.24) is 14.5 Å². The Kier molecular flexibility index (Phi) is 5.62. The van der Waals surface area contributed by atoms with Crippen LogP contribution in [0.1, 0.15) is 51.4 Å². The van der Waals surface area contributed by atoms with Crippen molar-refractivity contribution in [2.24, 2.45) is 0 Å². The fraction of sp³-hybridized carbons (Fsp3) is 0.158. The first-order valence-corrected chi connectivity index (χ1v) is 14.3. The average Bonchev–Trinajstić information content (AvgIpc) is 3.43. The lowest BCUT2D eigenvalue weighted by molar-refractivity contribution is 0.666. The van der Waals surface area contributed by atoms with Crippen molar-refractivity contribution in [3.8, 4) is 16.9 Å². The average molecular weight is 532 g/mol. The Balaban J connectivity index is 1.64. The summed E-state index contributed by atoms with van der Waals surface area (Å²) >= 11 is 0. The summed E-state index contributed by atoms with van der Waals surface area (Å²) in [7, 11) is 0. The Hall–Kier alpha value is -4.76. The molecule has 1 aliphatic carbocycles. The molecule has 3 nitrogen and oxygen atoms in total. The first kappa shape index (κ1) is 25.2. The molecule has 41 heavy (non-hydrogen) atoms. The molecule has 200 valence electrons. The lowest BCUT2D eigenvalue weighted by Crippen LogP contribution is -2.29. The number of allylic oxidation sites excluding steroid dienone is 3. The molecule has 6 aromatic rings. The minimum absolute atomic E-state index is 0.158. The highest BCUT2D eigenvalue weighted by atomic mass is 15.1. The zero-order valence-corrected chi connectivity index (χ0v) is 24.3. The number of hydrogen-bond donors (Lipinski definition) is 0. The van der Waals surface area contributed by atoms with Crippen LogP contribution in [0.25, 0.3) is 67.4 Å². The monoisotopic (exact) mass is 531 g/mol. The van der Waals surface area contributed by atoms with E-state index in [2.05, 4.69) is 106 Å². The Morgan fingerprint density at radius 1 is 0.805 bits per heavy atom. The Bertz CT molecular complexity index is 2220. The normalized spacial score (nSPS) is 15.2. The van der Waals surface area contributed by atoms with Gasteiger partial charge in [0.25, 0.3) is 0 Å². The van der Waals surface area contributed by atoms with Gasteiger partial charge < -0.3 is 0 Å². The Morgan fingerprint density at radius 3 is 2.24 bits per heavy atom. The van der Waals surface area contributed by atoms with E-state index in [0.29, 0.717) is 0 Å². The van der Waals surface area contributed by atoms with Crippen molar-refractivity contribution in [1.29, 1.82) is 0 Å². The summed E-state index contributed by atoms with van der Waals surface area (Å²) in [6.07, 6.45) is 8.35. The second-order valence-corrected chi connectivity index (χ2v) is 11.3. The van der Waals surface area contributed by atoms with Gasteiger partial charge in [-0.2, -0.15) is 0 Å². The lowest BCUT2D eigenvalue weighted by atomic mass is 9.80. The molecule has 2 heterocycles. The van der Waals surface area contributed by atoms with Gasteiger partial charge in [0.2, 0.25) is 0 Å². The summed E-state index contributed by atoms with van der Waals surface area (Å²) < 4.78 is 2.31. The van der Waals surface area contributed by atoms with Gasteiger partial charge in [-0.15, -0.1) is 0 Å². The molecule has 0 saturated carbocycles. The molecule has 7 rings (SSSR count). The summed E-state index contributed by atoms with van der Waals surface area (Å²) in [4.78, 5) is 10.4. The van der Waals surface area contributed by atoms with Gasteiger partial charge in [0.15, 0.2) is 5.82 Å². The zero-order chi connectivity index (χ0) is 28.5. The van der Waals surface area contributed by atoms with Gasteiger partial charge in [0, 0.05) is 16.0 Å². The van der Waals surface area contributed by atoms with Gasteiger partial charge in [0.05, 0.1) is 21.9 Å². The second kappa shape index (κ2) is 9.14. The molecule has 0 unspecified atom stereocenters. The SMILES string of the molecule is C=C/C(=C\C)c1nc2ccccc2nc1-n1c(=C/C)/c(=C\C)c2cc3c(cc21)C(C)(C)c1c-3ccc2ccccc12. The molecule has 0 saturated heterocycles. The molecule has 3 heteroatoms. The molecule has 0 bridgehead atoms. The maximum absolute atomic E-state index is 5.26. The van der Waals surface area contributed by atoms with Gasteiger partial charge >= 0.3 is 0 Å². The van der Waals surface area contributed by atoms with Crippen LogP contribution in [0.4, 0.5) is 0 Å². The van der Waals surface area contributed by atoms with E-state index in [1.165, 1.54) is 43.6 Å².